The molecule has 0 radical (unpaired) electrons. The molecule has 1 fully saturated rings. The van der Waals surface area contributed by atoms with Crippen molar-refractivity contribution in [3.63, 3.8) is 0 Å². The monoisotopic (exact) mass is 342 g/mol. The third-order valence-electron chi connectivity index (χ3n) is 3.81. The van der Waals surface area contributed by atoms with Crippen molar-refractivity contribution >= 4 is 21.6 Å². The summed E-state index contributed by atoms with van der Waals surface area (Å²) in [5.41, 5.74) is 2.16. The molecule has 1 N–H and O–H groups in total. The van der Waals surface area contributed by atoms with Crippen LogP contribution in [0.3, 0.4) is 0 Å². The second-order valence-corrected chi connectivity index (χ2v) is 6.99. The first kappa shape index (κ1) is 15.8. The molecule has 1 unspecified atom stereocenters. The lowest BCUT2D eigenvalue weighted by Crippen LogP contribution is -2.38. The summed E-state index contributed by atoms with van der Waals surface area (Å²) >= 11 is 3.30. The van der Waals surface area contributed by atoms with Crippen LogP contribution in [-0.2, 0) is 0 Å². The molecule has 2 rings (SSSR count). The van der Waals surface area contributed by atoms with Crippen molar-refractivity contribution in [2.75, 3.05) is 24.5 Å². The maximum absolute atomic E-state index is 13.6. The first-order valence-electron chi connectivity index (χ1n) is 7.41. The molecule has 1 atom stereocenters. The number of nitrogens with one attached hydrogen (secondary N) is 1. The van der Waals surface area contributed by atoms with E-state index in [1.807, 2.05) is 13.0 Å². The molecule has 1 saturated heterocycles. The zero-order chi connectivity index (χ0) is 14.7. The number of rotatable bonds is 3. The number of hydrogen-bond acceptors (Lipinski definition) is 2. The standard InChI is InChI=1S/C16H24BrFN2/c1-11(2)7-13-10-20(6-4-5-19-13)16-9-14(17)15(18)8-12(16)3/h8-9,11,13,19H,4-7,10H2,1-3H3. The smallest absolute Gasteiger partial charge is 0.137 e. The van der Waals surface area contributed by atoms with E-state index < -0.39 is 0 Å². The highest BCUT2D eigenvalue weighted by Gasteiger charge is 2.20. The van der Waals surface area contributed by atoms with Gasteiger partial charge in [0.2, 0.25) is 0 Å². The van der Waals surface area contributed by atoms with E-state index in [-0.39, 0.29) is 5.82 Å². The van der Waals surface area contributed by atoms with Gasteiger partial charge in [-0.15, -0.1) is 0 Å². The van der Waals surface area contributed by atoms with Crippen LogP contribution in [0.2, 0.25) is 0 Å². The zero-order valence-corrected chi connectivity index (χ0v) is 14.1. The lowest BCUT2D eigenvalue weighted by Gasteiger charge is -2.29. The molecular weight excluding hydrogens is 319 g/mol. The number of nitrogens with zero attached hydrogens (tertiary/aromatic N) is 1. The highest BCUT2D eigenvalue weighted by molar-refractivity contribution is 9.10. The van der Waals surface area contributed by atoms with Gasteiger partial charge in [-0.05, 0) is 65.9 Å². The van der Waals surface area contributed by atoms with Gasteiger partial charge in [0.1, 0.15) is 5.82 Å². The Morgan fingerprint density at radius 2 is 2.20 bits per heavy atom. The van der Waals surface area contributed by atoms with E-state index in [9.17, 15) is 4.39 Å². The molecular formula is C16H24BrFN2. The van der Waals surface area contributed by atoms with Crippen molar-refractivity contribution in [3.05, 3.63) is 28.0 Å². The predicted octanol–water partition coefficient (Wildman–Crippen LogP) is 4.11. The van der Waals surface area contributed by atoms with Crippen LogP contribution in [0.25, 0.3) is 0 Å². The van der Waals surface area contributed by atoms with Gasteiger partial charge in [-0.1, -0.05) is 13.8 Å². The number of halogens is 2. The fourth-order valence-electron chi connectivity index (χ4n) is 2.92. The second kappa shape index (κ2) is 6.90. The largest absolute Gasteiger partial charge is 0.370 e. The minimum absolute atomic E-state index is 0.182. The molecule has 0 aromatic heterocycles. The van der Waals surface area contributed by atoms with Gasteiger partial charge in [0.05, 0.1) is 4.47 Å². The average molecular weight is 343 g/mol. The normalized spacial score (nSPS) is 20.3. The Balaban J connectivity index is 2.19. The van der Waals surface area contributed by atoms with Crippen molar-refractivity contribution in [2.45, 2.75) is 39.7 Å². The van der Waals surface area contributed by atoms with Crippen molar-refractivity contribution in [1.82, 2.24) is 5.32 Å². The maximum atomic E-state index is 13.6. The minimum atomic E-state index is -0.182. The highest BCUT2D eigenvalue weighted by Crippen LogP contribution is 2.28. The van der Waals surface area contributed by atoms with Gasteiger partial charge >= 0.3 is 0 Å². The first-order valence-corrected chi connectivity index (χ1v) is 8.20. The van der Waals surface area contributed by atoms with Crippen LogP contribution in [-0.4, -0.2) is 25.7 Å². The van der Waals surface area contributed by atoms with Crippen molar-refractivity contribution in [1.29, 1.82) is 0 Å². The van der Waals surface area contributed by atoms with Gasteiger partial charge in [-0.25, -0.2) is 4.39 Å². The Labute approximate surface area is 129 Å². The predicted molar refractivity (Wildman–Crippen MR) is 86.9 cm³/mol. The van der Waals surface area contributed by atoms with E-state index in [0.717, 1.165) is 37.3 Å². The minimum Gasteiger partial charge on any atom is -0.370 e. The van der Waals surface area contributed by atoms with Crippen LogP contribution in [0.1, 0.15) is 32.3 Å². The first-order chi connectivity index (χ1) is 9.47. The molecule has 0 saturated carbocycles. The fourth-order valence-corrected chi connectivity index (χ4v) is 3.25. The van der Waals surface area contributed by atoms with Gasteiger partial charge in [0.25, 0.3) is 0 Å². The van der Waals surface area contributed by atoms with Crippen LogP contribution >= 0.6 is 15.9 Å². The molecule has 0 bridgehead atoms. The Hall–Kier alpha value is -0.610. The van der Waals surface area contributed by atoms with E-state index in [0.29, 0.717) is 16.4 Å². The van der Waals surface area contributed by atoms with Crippen LogP contribution in [0.15, 0.2) is 16.6 Å². The van der Waals surface area contributed by atoms with Crippen molar-refractivity contribution in [3.8, 4) is 0 Å². The number of anilines is 1. The fraction of sp³-hybridized carbons (Fsp3) is 0.625. The molecule has 1 aliphatic rings. The summed E-state index contributed by atoms with van der Waals surface area (Å²) in [6.07, 6.45) is 2.31. The summed E-state index contributed by atoms with van der Waals surface area (Å²) < 4.78 is 14.1. The maximum Gasteiger partial charge on any atom is 0.137 e. The van der Waals surface area contributed by atoms with E-state index in [1.165, 1.54) is 6.42 Å². The molecule has 1 aromatic carbocycles. The van der Waals surface area contributed by atoms with Crippen LogP contribution in [0.4, 0.5) is 10.1 Å². The molecule has 1 heterocycles. The third kappa shape index (κ3) is 3.95. The average Bonchev–Trinajstić information content (AvgIpc) is 2.58. The number of hydrogen-bond donors (Lipinski definition) is 1. The summed E-state index contributed by atoms with van der Waals surface area (Å²) in [6, 6.07) is 4.05. The molecule has 20 heavy (non-hydrogen) atoms. The van der Waals surface area contributed by atoms with Gasteiger partial charge < -0.3 is 10.2 Å². The third-order valence-corrected chi connectivity index (χ3v) is 4.42. The molecule has 1 aliphatic heterocycles. The van der Waals surface area contributed by atoms with Crippen LogP contribution in [0, 0.1) is 18.7 Å². The molecule has 0 aliphatic carbocycles. The van der Waals surface area contributed by atoms with Crippen LogP contribution in [0.5, 0.6) is 0 Å². The Morgan fingerprint density at radius 1 is 1.45 bits per heavy atom. The van der Waals surface area contributed by atoms with Gasteiger partial charge in [-0.2, -0.15) is 0 Å². The van der Waals surface area contributed by atoms with Crippen molar-refractivity contribution in [2.24, 2.45) is 5.92 Å². The molecule has 112 valence electrons. The Bertz CT molecular complexity index is 462. The Kier molecular flexibility index (Phi) is 5.44. The summed E-state index contributed by atoms with van der Waals surface area (Å²) in [5, 5.41) is 3.63. The molecule has 4 heteroatoms. The zero-order valence-electron chi connectivity index (χ0n) is 12.5. The molecule has 2 nitrogen and oxygen atoms in total. The van der Waals surface area contributed by atoms with Gasteiger partial charge in [-0.3, -0.25) is 0 Å². The summed E-state index contributed by atoms with van der Waals surface area (Å²) in [6.45, 7) is 9.60. The van der Waals surface area contributed by atoms with E-state index in [2.05, 4.69) is 40.0 Å². The summed E-state index contributed by atoms with van der Waals surface area (Å²) in [4.78, 5) is 2.40. The number of benzene rings is 1. The molecule has 0 spiro atoms. The topological polar surface area (TPSA) is 15.3 Å². The summed E-state index contributed by atoms with van der Waals surface area (Å²) in [7, 11) is 0. The summed E-state index contributed by atoms with van der Waals surface area (Å²) in [5.74, 6) is 0.506. The molecule has 1 aromatic rings. The lowest BCUT2D eigenvalue weighted by molar-refractivity contribution is 0.436. The van der Waals surface area contributed by atoms with E-state index >= 15 is 0 Å². The lowest BCUT2D eigenvalue weighted by atomic mass is 10.0. The second-order valence-electron chi connectivity index (χ2n) is 6.13. The number of aryl methyl sites for hydroxylation is 1. The van der Waals surface area contributed by atoms with Gasteiger partial charge in [0, 0.05) is 24.8 Å². The van der Waals surface area contributed by atoms with E-state index in [4.69, 9.17) is 0 Å². The molecule has 0 amide bonds. The SMILES string of the molecule is Cc1cc(F)c(Br)cc1N1CCCNC(CC(C)C)C1. The highest BCUT2D eigenvalue weighted by atomic mass is 79.9. The van der Waals surface area contributed by atoms with Gasteiger partial charge in [0.15, 0.2) is 0 Å². The van der Waals surface area contributed by atoms with Crippen LogP contribution < -0.4 is 10.2 Å². The van der Waals surface area contributed by atoms with Crippen molar-refractivity contribution < 1.29 is 4.39 Å². The quantitative estimate of drug-likeness (QED) is 0.889. The van der Waals surface area contributed by atoms with E-state index in [1.54, 1.807) is 6.07 Å². The Morgan fingerprint density at radius 3 is 2.90 bits per heavy atom.